The van der Waals surface area contributed by atoms with Gasteiger partial charge in [0.2, 0.25) is 0 Å². The Balaban J connectivity index is 0.00000117. The highest BCUT2D eigenvalue weighted by atomic mass is 19.1. The van der Waals surface area contributed by atoms with Crippen molar-refractivity contribution in [2.24, 2.45) is 0 Å². The van der Waals surface area contributed by atoms with Crippen LogP contribution >= 0.6 is 0 Å². The molecule has 0 amide bonds. The summed E-state index contributed by atoms with van der Waals surface area (Å²) in [7, 11) is 0. The molecule has 3 rings (SSSR count). The molecule has 0 aromatic heterocycles. The van der Waals surface area contributed by atoms with E-state index in [-0.39, 0.29) is 11.6 Å². The van der Waals surface area contributed by atoms with Gasteiger partial charge < -0.3 is 10.6 Å². The number of nitrogens with one attached hydrogen (secondary N) is 2. The van der Waals surface area contributed by atoms with Crippen LogP contribution in [0, 0.1) is 11.6 Å². The Hall–Kier alpha value is -2.88. The van der Waals surface area contributed by atoms with E-state index < -0.39 is 0 Å². The van der Waals surface area contributed by atoms with Gasteiger partial charge in [0.15, 0.2) is 0 Å². The maximum atomic E-state index is 13.5. The van der Waals surface area contributed by atoms with Gasteiger partial charge in [0.1, 0.15) is 11.6 Å². The summed E-state index contributed by atoms with van der Waals surface area (Å²) in [6.07, 6.45) is 0. The molecule has 3 aromatic carbocycles. The van der Waals surface area contributed by atoms with Crippen molar-refractivity contribution in [2.75, 3.05) is 10.6 Å². The summed E-state index contributed by atoms with van der Waals surface area (Å²) in [6.45, 7) is 5.09. The smallest absolute Gasteiger partial charge is 0.146 e. The molecule has 0 fully saturated rings. The predicted molar refractivity (Wildman–Crippen MR) is 105 cm³/mol. The van der Waals surface area contributed by atoms with Crippen molar-refractivity contribution in [3.8, 4) is 0 Å². The van der Waals surface area contributed by atoms with Gasteiger partial charge in [-0.05, 0) is 35.4 Å². The summed E-state index contributed by atoms with van der Waals surface area (Å²) in [5.41, 5.74) is 3.08. The molecule has 0 unspecified atom stereocenters. The second-order valence-corrected chi connectivity index (χ2v) is 5.48. The van der Waals surface area contributed by atoms with Gasteiger partial charge in [-0.3, -0.25) is 0 Å². The number of halogens is 2. The van der Waals surface area contributed by atoms with Crippen LogP contribution in [0.4, 0.5) is 20.2 Å². The summed E-state index contributed by atoms with van der Waals surface area (Å²) < 4.78 is 27.1. The zero-order chi connectivity index (χ0) is 18.8. The van der Waals surface area contributed by atoms with E-state index >= 15 is 0 Å². The van der Waals surface area contributed by atoms with Crippen molar-refractivity contribution in [3.63, 3.8) is 0 Å². The molecule has 26 heavy (non-hydrogen) atoms. The minimum absolute atomic E-state index is 0.261. The maximum absolute atomic E-state index is 13.5. The molecule has 0 bridgehead atoms. The molecule has 2 N–H and O–H groups in total. The highest BCUT2D eigenvalue weighted by Gasteiger charge is 2.02. The second-order valence-electron chi connectivity index (χ2n) is 5.48. The molecule has 0 spiro atoms. The molecule has 0 aliphatic heterocycles. The van der Waals surface area contributed by atoms with E-state index in [0.29, 0.717) is 24.5 Å². The fourth-order valence-corrected chi connectivity index (χ4v) is 2.38. The van der Waals surface area contributed by atoms with Crippen LogP contribution in [0.25, 0.3) is 0 Å². The average molecular weight is 354 g/mol. The lowest BCUT2D eigenvalue weighted by atomic mass is 10.1. The number of benzene rings is 3. The molecular weight excluding hydrogens is 330 g/mol. The van der Waals surface area contributed by atoms with Crippen LogP contribution in [0.2, 0.25) is 0 Å². The molecule has 136 valence electrons. The van der Waals surface area contributed by atoms with Gasteiger partial charge in [0.25, 0.3) is 0 Å². The van der Waals surface area contributed by atoms with Crippen molar-refractivity contribution in [2.45, 2.75) is 26.9 Å². The maximum Gasteiger partial charge on any atom is 0.146 e. The van der Waals surface area contributed by atoms with Gasteiger partial charge in [-0.15, -0.1) is 0 Å². The topological polar surface area (TPSA) is 24.1 Å². The van der Waals surface area contributed by atoms with Gasteiger partial charge >= 0.3 is 0 Å². The lowest BCUT2D eigenvalue weighted by molar-refractivity contribution is 0.629. The number of rotatable bonds is 6. The molecule has 0 saturated carbocycles. The Morgan fingerprint density at radius 3 is 1.27 bits per heavy atom. The summed E-state index contributed by atoms with van der Waals surface area (Å²) in [6, 6.07) is 21.1. The molecular formula is C22H24F2N2. The fourth-order valence-electron chi connectivity index (χ4n) is 2.38. The van der Waals surface area contributed by atoms with Gasteiger partial charge in [0, 0.05) is 13.1 Å². The molecule has 0 saturated heterocycles. The Labute approximate surface area is 153 Å². The van der Waals surface area contributed by atoms with Crippen LogP contribution < -0.4 is 10.6 Å². The first-order valence-corrected chi connectivity index (χ1v) is 8.77. The Morgan fingerprint density at radius 1 is 0.577 bits per heavy atom. The third-order valence-corrected chi connectivity index (χ3v) is 3.74. The van der Waals surface area contributed by atoms with Crippen molar-refractivity contribution in [1.82, 2.24) is 0 Å². The Morgan fingerprint density at radius 2 is 0.923 bits per heavy atom. The molecule has 4 heteroatoms. The molecule has 0 radical (unpaired) electrons. The largest absolute Gasteiger partial charge is 0.379 e. The van der Waals surface area contributed by atoms with Gasteiger partial charge in [-0.1, -0.05) is 62.4 Å². The number of hydrogen-bond donors (Lipinski definition) is 2. The van der Waals surface area contributed by atoms with Crippen LogP contribution in [0.15, 0.2) is 72.8 Å². The highest BCUT2D eigenvalue weighted by molar-refractivity contribution is 5.46. The summed E-state index contributed by atoms with van der Waals surface area (Å²) in [5, 5.41) is 6.15. The molecule has 0 atom stereocenters. The zero-order valence-electron chi connectivity index (χ0n) is 15.1. The van der Waals surface area contributed by atoms with Gasteiger partial charge in [0.05, 0.1) is 11.4 Å². The Bertz CT molecular complexity index is 733. The van der Waals surface area contributed by atoms with E-state index in [0.717, 1.165) is 11.1 Å². The van der Waals surface area contributed by atoms with Crippen LogP contribution in [-0.2, 0) is 13.1 Å². The number of hydrogen-bond acceptors (Lipinski definition) is 2. The van der Waals surface area contributed by atoms with Crippen molar-refractivity contribution >= 4 is 11.4 Å². The highest BCUT2D eigenvalue weighted by Crippen LogP contribution is 2.16. The van der Waals surface area contributed by atoms with E-state index in [2.05, 4.69) is 10.6 Å². The number of para-hydroxylation sites is 2. The fraction of sp³-hybridized carbons (Fsp3) is 0.182. The summed E-state index contributed by atoms with van der Waals surface area (Å²) in [4.78, 5) is 0. The van der Waals surface area contributed by atoms with Gasteiger partial charge in [-0.25, -0.2) is 8.78 Å². The van der Waals surface area contributed by atoms with E-state index in [1.807, 2.05) is 38.1 Å². The van der Waals surface area contributed by atoms with Crippen molar-refractivity contribution < 1.29 is 8.78 Å². The summed E-state index contributed by atoms with van der Waals surface area (Å²) in [5.74, 6) is -0.522. The van der Waals surface area contributed by atoms with Gasteiger partial charge in [-0.2, -0.15) is 0 Å². The summed E-state index contributed by atoms with van der Waals surface area (Å²) >= 11 is 0. The normalized spacial score (nSPS) is 9.85. The lowest BCUT2D eigenvalue weighted by Crippen LogP contribution is -2.03. The minimum Gasteiger partial charge on any atom is -0.379 e. The molecule has 2 nitrogen and oxygen atoms in total. The minimum atomic E-state index is -0.261. The molecule has 0 aliphatic rings. The van der Waals surface area contributed by atoms with E-state index in [1.54, 1.807) is 36.4 Å². The zero-order valence-corrected chi connectivity index (χ0v) is 15.1. The molecule has 0 heterocycles. The lowest BCUT2D eigenvalue weighted by Gasteiger charge is -2.10. The quantitative estimate of drug-likeness (QED) is 0.549. The standard InChI is InChI=1S/C20H18F2N2.C2H6/c21-17-5-1-3-7-19(17)23-13-15-9-11-16(12-10-15)14-24-20-8-4-2-6-18(20)22;1-2/h1-12,23-24H,13-14H2;1-2H3. The van der Waals surface area contributed by atoms with Crippen LogP contribution in [-0.4, -0.2) is 0 Å². The first kappa shape index (κ1) is 19.4. The van der Waals surface area contributed by atoms with Crippen molar-refractivity contribution in [1.29, 1.82) is 0 Å². The van der Waals surface area contributed by atoms with E-state index in [4.69, 9.17) is 0 Å². The van der Waals surface area contributed by atoms with E-state index in [1.165, 1.54) is 12.1 Å². The van der Waals surface area contributed by atoms with Crippen LogP contribution in [0.5, 0.6) is 0 Å². The van der Waals surface area contributed by atoms with E-state index in [9.17, 15) is 8.78 Å². The Kier molecular flexibility index (Phi) is 7.62. The number of anilines is 2. The first-order chi connectivity index (χ1) is 12.7. The first-order valence-electron chi connectivity index (χ1n) is 8.77. The molecule has 3 aromatic rings. The third kappa shape index (κ3) is 5.59. The monoisotopic (exact) mass is 354 g/mol. The van der Waals surface area contributed by atoms with Crippen LogP contribution in [0.1, 0.15) is 25.0 Å². The average Bonchev–Trinajstić information content (AvgIpc) is 2.69. The predicted octanol–water partition coefficient (Wildman–Crippen LogP) is 6.22. The second kappa shape index (κ2) is 10.2. The molecule has 0 aliphatic carbocycles. The van der Waals surface area contributed by atoms with Crippen molar-refractivity contribution in [3.05, 3.63) is 95.6 Å². The van der Waals surface area contributed by atoms with Crippen LogP contribution in [0.3, 0.4) is 0 Å². The third-order valence-electron chi connectivity index (χ3n) is 3.74. The SMILES string of the molecule is CC.Fc1ccccc1NCc1ccc(CNc2ccccc2F)cc1.